The van der Waals surface area contributed by atoms with Crippen molar-refractivity contribution in [2.75, 3.05) is 25.1 Å². The zero-order valence-corrected chi connectivity index (χ0v) is 8.89. The van der Waals surface area contributed by atoms with Crippen molar-refractivity contribution in [3.63, 3.8) is 0 Å². The van der Waals surface area contributed by atoms with Crippen LogP contribution in [-0.4, -0.2) is 36.2 Å². The van der Waals surface area contributed by atoms with Gasteiger partial charge in [0.05, 0.1) is 7.11 Å². The second-order valence-corrected chi connectivity index (χ2v) is 3.61. The molecule has 82 valence electrons. The lowest BCUT2D eigenvalue weighted by Gasteiger charge is -2.21. The fourth-order valence-electron chi connectivity index (χ4n) is 1.56. The largest absolute Gasteiger partial charge is 0.481 e. The summed E-state index contributed by atoms with van der Waals surface area (Å²) in [6.45, 7) is 1.43. The van der Waals surface area contributed by atoms with Crippen LogP contribution in [0.4, 0.5) is 5.95 Å². The van der Waals surface area contributed by atoms with Crippen molar-refractivity contribution in [2.45, 2.75) is 18.9 Å². The third kappa shape index (κ3) is 2.36. The highest BCUT2D eigenvalue weighted by atomic mass is 16.5. The van der Waals surface area contributed by atoms with Crippen molar-refractivity contribution >= 4 is 5.95 Å². The number of anilines is 1. The lowest BCUT2D eigenvalue weighted by molar-refractivity contribution is 0.396. The molecule has 0 aliphatic heterocycles. The maximum absolute atomic E-state index is 5.57. The zero-order valence-electron chi connectivity index (χ0n) is 8.89. The lowest BCUT2D eigenvalue weighted by Crippen LogP contribution is -2.32. The summed E-state index contributed by atoms with van der Waals surface area (Å²) in [6, 6.07) is 2.32. The van der Waals surface area contributed by atoms with Crippen LogP contribution in [0.15, 0.2) is 12.3 Å². The quantitative estimate of drug-likeness (QED) is 0.759. The topological polar surface area (TPSA) is 64.3 Å². The summed E-state index contributed by atoms with van der Waals surface area (Å²) in [4.78, 5) is 10.7. The van der Waals surface area contributed by atoms with Gasteiger partial charge >= 0.3 is 0 Å². The Morgan fingerprint density at radius 3 is 3.00 bits per heavy atom. The predicted molar refractivity (Wildman–Crippen MR) is 58.0 cm³/mol. The van der Waals surface area contributed by atoms with Crippen LogP contribution in [0.3, 0.4) is 0 Å². The first-order chi connectivity index (χ1) is 7.35. The molecule has 0 atom stereocenters. The van der Waals surface area contributed by atoms with Gasteiger partial charge < -0.3 is 15.4 Å². The Balaban J connectivity index is 2.16. The summed E-state index contributed by atoms with van der Waals surface area (Å²) < 4.78 is 5.07. The Bertz CT molecular complexity index is 327. The molecule has 2 rings (SSSR count). The third-order valence-electron chi connectivity index (χ3n) is 2.44. The van der Waals surface area contributed by atoms with E-state index in [1.165, 1.54) is 12.8 Å². The maximum Gasteiger partial charge on any atom is 0.228 e. The summed E-state index contributed by atoms with van der Waals surface area (Å²) in [6.07, 6.45) is 4.13. The van der Waals surface area contributed by atoms with Gasteiger partial charge in [-0.25, -0.2) is 4.98 Å². The average Bonchev–Trinajstić information content (AvgIpc) is 3.10. The van der Waals surface area contributed by atoms with Crippen molar-refractivity contribution in [1.82, 2.24) is 9.97 Å². The summed E-state index contributed by atoms with van der Waals surface area (Å²) in [5.41, 5.74) is 5.57. The first kappa shape index (κ1) is 10.2. The number of rotatable bonds is 5. The van der Waals surface area contributed by atoms with E-state index in [0.717, 1.165) is 12.5 Å². The number of hydrogen-bond acceptors (Lipinski definition) is 5. The molecule has 15 heavy (non-hydrogen) atoms. The third-order valence-corrected chi connectivity index (χ3v) is 2.44. The molecule has 5 nitrogen and oxygen atoms in total. The van der Waals surface area contributed by atoms with Crippen LogP contribution >= 0.6 is 0 Å². The van der Waals surface area contributed by atoms with E-state index in [2.05, 4.69) is 14.9 Å². The van der Waals surface area contributed by atoms with E-state index >= 15 is 0 Å². The number of aromatic nitrogens is 2. The molecule has 1 heterocycles. The molecule has 0 spiro atoms. The van der Waals surface area contributed by atoms with Crippen LogP contribution in [0.25, 0.3) is 0 Å². The van der Waals surface area contributed by atoms with Gasteiger partial charge in [0.25, 0.3) is 0 Å². The van der Waals surface area contributed by atoms with Crippen LogP contribution in [0.1, 0.15) is 12.8 Å². The van der Waals surface area contributed by atoms with Gasteiger partial charge in [0, 0.05) is 31.4 Å². The second-order valence-electron chi connectivity index (χ2n) is 3.61. The Labute approximate surface area is 89.3 Å². The minimum Gasteiger partial charge on any atom is -0.481 e. The van der Waals surface area contributed by atoms with Crippen molar-refractivity contribution in [3.8, 4) is 5.88 Å². The average molecular weight is 208 g/mol. The molecule has 0 amide bonds. The van der Waals surface area contributed by atoms with Crippen LogP contribution in [0.2, 0.25) is 0 Å². The van der Waals surface area contributed by atoms with Gasteiger partial charge in [0.15, 0.2) is 0 Å². The lowest BCUT2D eigenvalue weighted by atomic mass is 10.5. The summed E-state index contributed by atoms with van der Waals surface area (Å²) in [5, 5.41) is 0. The van der Waals surface area contributed by atoms with Crippen LogP contribution in [0.5, 0.6) is 5.88 Å². The molecule has 1 fully saturated rings. The minimum absolute atomic E-state index is 0.570. The molecule has 2 N–H and O–H groups in total. The van der Waals surface area contributed by atoms with Crippen LogP contribution < -0.4 is 15.4 Å². The molecule has 0 unspecified atom stereocenters. The van der Waals surface area contributed by atoms with Crippen molar-refractivity contribution in [3.05, 3.63) is 12.3 Å². The molecular formula is C10H16N4O. The predicted octanol–water partition coefficient (Wildman–Crippen LogP) is 0.413. The van der Waals surface area contributed by atoms with Gasteiger partial charge in [-0.15, -0.1) is 0 Å². The first-order valence-electron chi connectivity index (χ1n) is 5.19. The number of ether oxygens (including phenoxy) is 1. The van der Waals surface area contributed by atoms with E-state index < -0.39 is 0 Å². The number of methoxy groups -OCH3 is 1. The number of nitrogens with two attached hydrogens (primary N) is 1. The zero-order chi connectivity index (χ0) is 10.7. The smallest absolute Gasteiger partial charge is 0.228 e. The Kier molecular flexibility index (Phi) is 3.01. The van der Waals surface area contributed by atoms with E-state index in [1.807, 2.05) is 0 Å². The van der Waals surface area contributed by atoms with Crippen molar-refractivity contribution < 1.29 is 4.74 Å². The fourth-order valence-corrected chi connectivity index (χ4v) is 1.56. The van der Waals surface area contributed by atoms with Gasteiger partial charge in [0.2, 0.25) is 11.8 Å². The molecule has 0 saturated heterocycles. The molecule has 1 aromatic rings. The van der Waals surface area contributed by atoms with E-state index in [0.29, 0.717) is 18.5 Å². The molecule has 1 aliphatic rings. The highest BCUT2D eigenvalue weighted by Crippen LogP contribution is 2.29. The maximum atomic E-state index is 5.57. The van der Waals surface area contributed by atoms with Gasteiger partial charge in [0.1, 0.15) is 0 Å². The van der Waals surface area contributed by atoms with Gasteiger partial charge in [-0.3, -0.25) is 0 Å². The highest BCUT2D eigenvalue weighted by molar-refractivity contribution is 5.35. The summed E-state index contributed by atoms with van der Waals surface area (Å²) in [5.74, 6) is 1.32. The molecule has 0 bridgehead atoms. The number of nitrogens with zero attached hydrogens (tertiary/aromatic N) is 3. The summed E-state index contributed by atoms with van der Waals surface area (Å²) in [7, 11) is 1.61. The monoisotopic (exact) mass is 208 g/mol. The van der Waals surface area contributed by atoms with E-state index in [1.54, 1.807) is 19.4 Å². The summed E-state index contributed by atoms with van der Waals surface area (Å²) >= 11 is 0. The van der Waals surface area contributed by atoms with Gasteiger partial charge in [-0.2, -0.15) is 4.98 Å². The molecule has 0 radical (unpaired) electrons. The SMILES string of the molecule is COc1ccnc(N(CCN)C2CC2)n1. The Hall–Kier alpha value is -1.36. The molecule has 1 aromatic heterocycles. The Morgan fingerprint density at radius 2 is 2.40 bits per heavy atom. The van der Waals surface area contributed by atoms with Gasteiger partial charge in [-0.05, 0) is 12.8 Å². The number of hydrogen-bond donors (Lipinski definition) is 1. The first-order valence-corrected chi connectivity index (χ1v) is 5.19. The van der Waals surface area contributed by atoms with E-state index in [4.69, 9.17) is 10.5 Å². The van der Waals surface area contributed by atoms with Gasteiger partial charge in [-0.1, -0.05) is 0 Å². The van der Waals surface area contributed by atoms with Crippen LogP contribution in [0, 0.1) is 0 Å². The van der Waals surface area contributed by atoms with E-state index in [-0.39, 0.29) is 0 Å². The normalized spacial score (nSPS) is 15.1. The Morgan fingerprint density at radius 1 is 1.60 bits per heavy atom. The molecule has 5 heteroatoms. The van der Waals surface area contributed by atoms with Crippen molar-refractivity contribution in [1.29, 1.82) is 0 Å². The highest BCUT2D eigenvalue weighted by Gasteiger charge is 2.30. The molecule has 1 saturated carbocycles. The standard InChI is InChI=1S/C10H16N4O/c1-15-9-4-6-12-10(13-9)14(7-5-11)8-2-3-8/h4,6,8H,2-3,5,7,11H2,1H3. The second kappa shape index (κ2) is 4.44. The van der Waals surface area contributed by atoms with Crippen LogP contribution in [-0.2, 0) is 0 Å². The molecular weight excluding hydrogens is 192 g/mol. The molecule has 0 aromatic carbocycles. The minimum atomic E-state index is 0.570. The van der Waals surface area contributed by atoms with E-state index in [9.17, 15) is 0 Å². The molecule has 1 aliphatic carbocycles. The van der Waals surface area contributed by atoms with Crippen molar-refractivity contribution in [2.24, 2.45) is 5.73 Å². The fraction of sp³-hybridized carbons (Fsp3) is 0.600.